The zero-order chi connectivity index (χ0) is 11.5. The highest BCUT2D eigenvalue weighted by molar-refractivity contribution is 6.88. The third-order valence-electron chi connectivity index (χ3n) is 2.29. The molecular formula is C13H18OSi. The van der Waals surface area contributed by atoms with Gasteiger partial charge < -0.3 is 0 Å². The fourth-order valence-corrected chi connectivity index (χ4v) is 2.47. The van der Waals surface area contributed by atoms with Gasteiger partial charge in [-0.2, -0.15) is 0 Å². The minimum atomic E-state index is -1.19. The molecule has 0 saturated heterocycles. The molecule has 0 amide bonds. The average molecular weight is 218 g/mol. The Morgan fingerprint density at radius 1 is 1.13 bits per heavy atom. The first kappa shape index (κ1) is 11.9. The first-order valence-corrected chi connectivity index (χ1v) is 8.69. The average Bonchev–Trinajstić information content (AvgIpc) is 2.14. The molecule has 0 saturated carbocycles. The topological polar surface area (TPSA) is 17.1 Å². The Hall–Kier alpha value is -1.15. The summed E-state index contributed by atoms with van der Waals surface area (Å²) in [5.74, 6) is 0.0873. The molecule has 0 aliphatic heterocycles. The number of hydrogen-bond acceptors (Lipinski definition) is 1. The zero-order valence-electron chi connectivity index (χ0n) is 9.87. The van der Waals surface area contributed by atoms with Gasteiger partial charge in [-0.25, -0.2) is 0 Å². The highest BCUT2D eigenvalue weighted by Gasteiger charge is 2.15. The summed E-state index contributed by atoms with van der Waals surface area (Å²) in [6, 6.07) is 8.50. The van der Waals surface area contributed by atoms with Crippen molar-refractivity contribution in [3.05, 3.63) is 35.9 Å². The summed E-state index contributed by atoms with van der Waals surface area (Å²) in [6.45, 7) is 8.54. The van der Waals surface area contributed by atoms with Crippen LogP contribution in [0.4, 0.5) is 0 Å². The summed E-state index contributed by atoms with van der Waals surface area (Å²) in [5, 5.41) is 1.45. The third kappa shape index (κ3) is 3.84. The molecule has 0 atom stereocenters. The molecule has 15 heavy (non-hydrogen) atoms. The van der Waals surface area contributed by atoms with Gasteiger partial charge in [0.1, 0.15) is 0 Å². The van der Waals surface area contributed by atoms with Gasteiger partial charge in [0.15, 0.2) is 5.78 Å². The van der Waals surface area contributed by atoms with Gasteiger partial charge in [0.2, 0.25) is 0 Å². The van der Waals surface area contributed by atoms with Gasteiger partial charge in [-0.15, -0.1) is 0 Å². The van der Waals surface area contributed by atoms with Gasteiger partial charge in [0.05, 0.1) is 8.07 Å². The van der Waals surface area contributed by atoms with Crippen LogP contribution in [0.3, 0.4) is 0 Å². The largest absolute Gasteiger partial charge is 0.295 e. The molecule has 0 bridgehead atoms. The van der Waals surface area contributed by atoms with Crippen LogP contribution in [-0.2, 0) is 4.79 Å². The highest BCUT2D eigenvalue weighted by Crippen LogP contribution is 2.05. The van der Waals surface area contributed by atoms with E-state index in [1.54, 1.807) is 13.0 Å². The van der Waals surface area contributed by atoms with E-state index in [4.69, 9.17) is 0 Å². The molecule has 1 aromatic rings. The number of benzene rings is 1. The van der Waals surface area contributed by atoms with Crippen molar-refractivity contribution in [2.24, 2.45) is 0 Å². The summed E-state index contributed by atoms with van der Waals surface area (Å²) in [4.78, 5) is 10.8. The van der Waals surface area contributed by atoms with Gasteiger partial charge in [-0.1, -0.05) is 55.2 Å². The predicted octanol–water partition coefficient (Wildman–Crippen LogP) is 2.83. The molecule has 0 aromatic heterocycles. The maximum absolute atomic E-state index is 10.8. The summed E-state index contributed by atoms with van der Waals surface area (Å²) >= 11 is 0. The molecule has 1 aromatic carbocycles. The molecule has 0 radical (unpaired) electrons. The van der Waals surface area contributed by atoms with Crippen LogP contribution in [0.2, 0.25) is 19.6 Å². The number of allylic oxidation sites excluding steroid dienone is 1. The third-order valence-corrected chi connectivity index (χ3v) is 4.35. The number of rotatable bonds is 3. The first-order chi connectivity index (χ1) is 6.89. The van der Waals surface area contributed by atoms with Gasteiger partial charge in [0.25, 0.3) is 0 Å². The predicted molar refractivity (Wildman–Crippen MR) is 69.1 cm³/mol. The summed E-state index contributed by atoms with van der Waals surface area (Å²) in [6.07, 6.45) is 3.46. The zero-order valence-corrected chi connectivity index (χ0v) is 10.9. The number of carbonyl (C=O) groups excluding carboxylic acids is 1. The SMILES string of the molecule is CC(=O)C=Cc1ccc([Si](C)(C)C)cc1. The van der Waals surface area contributed by atoms with Crippen molar-refractivity contribution < 1.29 is 4.79 Å². The van der Waals surface area contributed by atoms with E-state index in [1.165, 1.54) is 5.19 Å². The lowest BCUT2D eigenvalue weighted by Crippen LogP contribution is -2.37. The normalized spacial score (nSPS) is 12.0. The lowest BCUT2D eigenvalue weighted by Gasteiger charge is -2.16. The van der Waals surface area contributed by atoms with Crippen LogP contribution >= 0.6 is 0 Å². The molecule has 0 aliphatic carbocycles. The van der Waals surface area contributed by atoms with Gasteiger partial charge >= 0.3 is 0 Å². The van der Waals surface area contributed by atoms with Crippen LogP contribution in [-0.4, -0.2) is 13.9 Å². The Bertz CT molecular complexity index is 369. The second-order valence-corrected chi connectivity index (χ2v) is 9.89. The van der Waals surface area contributed by atoms with Crippen molar-refractivity contribution in [1.82, 2.24) is 0 Å². The van der Waals surface area contributed by atoms with Crippen molar-refractivity contribution in [3.63, 3.8) is 0 Å². The molecule has 0 spiro atoms. The number of ketones is 1. The quantitative estimate of drug-likeness (QED) is 0.563. The molecule has 0 fully saturated rings. The second kappa shape index (κ2) is 4.58. The van der Waals surface area contributed by atoms with Crippen LogP contribution in [0.15, 0.2) is 30.3 Å². The van der Waals surface area contributed by atoms with E-state index < -0.39 is 8.07 Å². The van der Waals surface area contributed by atoms with Gasteiger partial charge in [-0.3, -0.25) is 4.79 Å². The monoisotopic (exact) mass is 218 g/mol. The maximum Gasteiger partial charge on any atom is 0.152 e. The fourth-order valence-electron chi connectivity index (χ4n) is 1.31. The molecule has 1 nitrogen and oxygen atoms in total. The first-order valence-electron chi connectivity index (χ1n) is 5.19. The Balaban J connectivity index is 2.86. The van der Waals surface area contributed by atoms with E-state index in [0.29, 0.717) is 0 Å². The summed E-state index contributed by atoms with van der Waals surface area (Å²) in [5.41, 5.74) is 1.09. The summed E-state index contributed by atoms with van der Waals surface area (Å²) in [7, 11) is -1.19. The molecule has 0 aliphatic rings. The fraction of sp³-hybridized carbons (Fsp3) is 0.308. The van der Waals surface area contributed by atoms with E-state index in [-0.39, 0.29) is 5.78 Å². The molecule has 0 heterocycles. The second-order valence-electron chi connectivity index (χ2n) is 4.82. The number of hydrogen-bond donors (Lipinski definition) is 0. The maximum atomic E-state index is 10.8. The van der Waals surface area contributed by atoms with E-state index in [2.05, 4.69) is 43.9 Å². The molecule has 2 heteroatoms. The van der Waals surface area contributed by atoms with Crippen LogP contribution in [0.1, 0.15) is 12.5 Å². The van der Waals surface area contributed by atoms with Gasteiger partial charge in [0, 0.05) is 0 Å². The van der Waals surface area contributed by atoms with E-state index >= 15 is 0 Å². The highest BCUT2D eigenvalue weighted by atomic mass is 28.3. The van der Waals surface area contributed by atoms with E-state index in [0.717, 1.165) is 5.56 Å². The van der Waals surface area contributed by atoms with Gasteiger partial charge in [-0.05, 0) is 18.6 Å². The molecule has 1 rings (SSSR count). The van der Waals surface area contributed by atoms with Crippen molar-refractivity contribution in [3.8, 4) is 0 Å². The summed E-state index contributed by atoms with van der Waals surface area (Å²) < 4.78 is 0. The van der Waals surface area contributed by atoms with Crippen molar-refractivity contribution >= 4 is 25.1 Å². The molecule has 0 N–H and O–H groups in total. The van der Waals surface area contributed by atoms with Crippen molar-refractivity contribution in [2.45, 2.75) is 26.6 Å². The Morgan fingerprint density at radius 2 is 1.67 bits per heavy atom. The Labute approximate surface area is 92.8 Å². The van der Waals surface area contributed by atoms with E-state index in [1.807, 2.05) is 6.08 Å². The standard InChI is InChI=1S/C13H18OSi/c1-11(14)5-6-12-7-9-13(10-8-12)15(2,3)4/h5-10H,1-4H3. The molecular weight excluding hydrogens is 200 g/mol. The van der Waals surface area contributed by atoms with Crippen LogP contribution < -0.4 is 5.19 Å². The minimum Gasteiger partial charge on any atom is -0.295 e. The van der Waals surface area contributed by atoms with Crippen LogP contribution in [0.25, 0.3) is 6.08 Å². The lowest BCUT2D eigenvalue weighted by atomic mass is 10.2. The number of carbonyl (C=O) groups is 1. The Morgan fingerprint density at radius 3 is 2.07 bits per heavy atom. The molecule has 0 unspecified atom stereocenters. The van der Waals surface area contributed by atoms with Crippen molar-refractivity contribution in [2.75, 3.05) is 0 Å². The van der Waals surface area contributed by atoms with Crippen LogP contribution in [0.5, 0.6) is 0 Å². The van der Waals surface area contributed by atoms with Crippen LogP contribution in [0, 0.1) is 0 Å². The Kier molecular flexibility index (Phi) is 3.64. The molecule has 80 valence electrons. The minimum absolute atomic E-state index is 0.0873. The lowest BCUT2D eigenvalue weighted by molar-refractivity contribution is -0.112. The van der Waals surface area contributed by atoms with E-state index in [9.17, 15) is 4.79 Å². The van der Waals surface area contributed by atoms with Crippen molar-refractivity contribution in [1.29, 1.82) is 0 Å². The smallest absolute Gasteiger partial charge is 0.152 e.